The molecule has 6 aromatic heterocycles. The maximum Gasteiger partial charge on any atom is 0.147 e. The second-order valence-corrected chi connectivity index (χ2v) is 11.1. The van der Waals surface area contributed by atoms with Crippen molar-refractivity contribution in [3.8, 4) is 0 Å². The SMILES string of the molecule is Cc1nc(C)n(C)n1.Cc1nc(C)n(C)n1.Cc1nn(C)nc1C.Cc1nn(C)nc1C.Cc1nnc(C)n1C.Cc1nnn(C)c1C. The highest BCUT2D eigenvalue weighted by atomic mass is 15.5. The molecule has 0 spiro atoms. The van der Waals surface area contributed by atoms with Crippen molar-refractivity contribution in [2.24, 2.45) is 42.3 Å². The third-order valence-corrected chi connectivity index (χ3v) is 7.05. The zero-order valence-electron chi connectivity index (χ0n) is 32.0. The van der Waals surface area contributed by atoms with Gasteiger partial charge in [-0.3, -0.25) is 14.0 Å². The van der Waals surface area contributed by atoms with Crippen LogP contribution in [0.5, 0.6) is 0 Å². The first kappa shape index (κ1) is 40.9. The van der Waals surface area contributed by atoms with Crippen LogP contribution in [0.25, 0.3) is 0 Å². The van der Waals surface area contributed by atoms with E-state index in [4.69, 9.17) is 0 Å². The third kappa shape index (κ3) is 13.7. The molecule has 0 saturated carbocycles. The Bertz CT molecular complexity index is 1490. The van der Waals surface area contributed by atoms with E-state index in [1.807, 2.05) is 130 Å². The van der Waals surface area contributed by atoms with Gasteiger partial charge in [0.15, 0.2) is 0 Å². The van der Waals surface area contributed by atoms with Gasteiger partial charge >= 0.3 is 0 Å². The summed E-state index contributed by atoms with van der Waals surface area (Å²) in [5, 5.41) is 39.4. The quantitative estimate of drug-likeness (QED) is 0.231. The van der Waals surface area contributed by atoms with Crippen molar-refractivity contribution in [3.63, 3.8) is 0 Å². The van der Waals surface area contributed by atoms with Gasteiger partial charge in [-0.15, -0.1) is 15.3 Å². The third-order valence-electron chi connectivity index (χ3n) is 7.05. The summed E-state index contributed by atoms with van der Waals surface area (Å²) >= 11 is 0. The van der Waals surface area contributed by atoms with E-state index in [9.17, 15) is 0 Å². The fourth-order valence-electron chi connectivity index (χ4n) is 3.46. The molecule has 18 heteroatoms. The Kier molecular flexibility index (Phi) is 16.1. The van der Waals surface area contributed by atoms with Crippen LogP contribution in [0.3, 0.4) is 0 Å². The van der Waals surface area contributed by atoms with Crippen molar-refractivity contribution in [2.45, 2.75) is 83.1 Å². The highest BCUT2D eigenvalue weighted by Gasteiger charge is 1.98. The van der Waals surface area contributed by atoms with Crippen LogP contribution in [-0.4, -0.2) is 89.3 Å². The average molecular weight is 667 g/mol. The van der Waals surface area contributed by atoms with Gasteiger partial charge in [0, 0.05) is 42.3 Å². The molecule has 0 N–H and O–H groups in total. The van der Waals surface area contributed by atoms with Gasteiger partial charge in [0.05, 0.1) is 34.2 Å². The monoisotopic (exact) mass is 666 g/mol. The topological polar surface area (TPSA) is 184 Å². The Morgan fingerprint density at radius 1 is 0.354 bits per heavy atom. The lowest BCUT2D eigenvalue weighted by Gasteiger charge is -1.90. The molecule has 6 heterocycles. The van der Waals surface area contributed by atoms with Crippen molar-refractivity contribution in [2.75, 3.05) is 0 Å². The maximum atomic E-state index is 4.06. The normalized spacial score (nSPS) is 9.88. The molecular weight excluding hydrogens is 612 g/mol. The Hall–Kier alpha value is -5.16. The van der Waals surface area contributed by atoms with Gasteiger partial charge in [-0.05, 0) is 83.1 Å². The molecule has 6 rings (SSSR count). The summed E-state index contributed by atoms with van der Waals surface area (Å²) in [7, 11) is 11.2. The lowest BCUT2D eigenvalue weighted by atomic mass is 10.4. The number of aromatic nitrogens is 18. The molecule has 48 heavy (non-hydrogen) atoms. The highest BCUT2D eigenvalue weighted by molar-refractivity contribution is 5.04. The highest BCUT2D eigenvalue weighted by Crippen LogP contribution is 1.97. The van der Waals surface area contributed by atoms with Crippen LogP contribution >= 0.6 is 0 Å². The minimum Gasteiger partial charge on any atom is -0.319 e. The molecule has 18 nitrogen and oxygen atoms in total. The predicted octanol–water partition coefficient (Wildman–Crippen LogP) is 2.59. The number of hydrogen-bond acceptors (Lipinski definition) is 12. The van der Waals surface area contributed by atoms with Crippen molar-refractivity contribution in [3.05, 3.63) is 69.1 Å². The van der Waals surface area contributed by atoms with E-state index >= 15 is 0 Å². The van der Waals surface area contributed by atoms with E-state index < -0.39 is 0 Å². The van der Waals surface area contributed by atoms with Gasteiger partial charge in [-0.25, -0.2) is 9.97 Å². The van der Waals surface area contributed by atoms with E-state index in [-0.39, 0.29) is 0 Å². The number of aryl methyl sites for hydroxylation is 16. The first-order chi connectivity index (χ1) is 22.2. The second kappa shape index (κ2) is 18.9. The van der Waals surface area contributed by atoms with Crippen LogP contribution in [0.4, 0.5) is 0 Å². The maximum absolute atomic E-state index is 4.06. The molecule has 6 aromatic rings. The van der Waals surface area contributed by atoms with Crippen molar-refractivity contribution in [1.82, 2.24) is 89.3 Å². The molecule has 0 amide bonds. The summed E-state index contributed by atoms with van der Waals surface area (Å²) in [6.07, 6.45) is 0. The molecule has 0 saturated heterocycles. The van der Waals surface area contributed by atoms with Gasteiger partial charge in [0.25, 0.3) is 0 Å². The molecular formula is C30H54N18. The molecule has 0 aliphatic heterocycles. The summed E-state index contributed by atoms with van der Waals surface area (Å²) < 4.78 is 7.22. The van der Waals surface area contributed by atoms with E-state index in [1.165, 1.54) is 0 Å². The van der Waals surface area contributed by atoms with E-state index in [1.54, 1.807) is 23.6 Å². The first-order valence-corrected chi connectivity index (χ1v) is 15.3. The van der Waals surface area contributed by atoms with Crippen molar-refractivity contribution >= 4 is 0 Å². The molecule has 0 aromatic carbocycles. The predicted molar refractivity (Wildman–Crippen MR) is 183 cm³/mol. The molecule has 0 aliphatic carbocycles. The Balaban J connectivity index is 0.000000288. The van der Waals surface area contributed by atoms with Crippen LogP contribution in [-0.2, 0) is 42.3 Å². The summed E-state index contributed by atoms with van der Waals surface area (Å²) in [6.45, 7) is 23.2. The van der Waals surface area contributed by atoms with Crippen LogP contribution in [0.1, 0.15) is 69.1 Å². The number of hydrogen-bond donors (Lipinski definition) is 0. The van der Waals surface area contributed by atoms with Gasteiger partial charge in [-0.1, -0.05) is 5.21 Å². The summed E-state index contributed by atoms with van der Waals surface area (Å²) in [5.41, 5.74) is 6.16. The average Bonchev–Trinajstić information content (AvgIpc) is 3.80. The molecule has 264 valence electrons. The van der Waals surface area contributed by atoms with Crippen molar-refractivity contribution in [1.29, 1.82) is 0 Å². The van der Waals surface area contributed by atoms with E-state index in [0.29, 0.717) is 0 Å². The van der Waals surface area contributed by atoms with Crippen molar-refractivity contribution < 1.29 is 0 Å². The zero-order chi connectivity index (χ0) is 36.9. The standard InChI is InChI=1S/6C5H9N3/c1-4-6-7-5(2)8(4)3;2*1-4-6-5(2)8(3)7-4;1-4-5(2)8(3)7-6-4;2*1-4-5(2)7-8(3)6-4/h6*1-3H3. The van der Waals surface area contributed by atoms with E-state index in [2.05, 4.69) is 61.1 Å². The minimum absolute atomic E-state index is 0.838. The van der Waals surface area contributed by atoms with Gasteiger partial charge < -0.3 is 4.57 Å². The summed E-state index contributed by atoms with van der Waals surface area (Å²) in [5.74, 6) is 5.52. The zero-order valence-corrected chi connectivity index (χ0v) is 32.0. The lowest BCUT2D eigenvalue weighted by molar-refractivity contribution is 0.645. The minimum atomic E-state index is 0.838. The fraction of sp³-hybridized carbons (Fsp3) is 0.600. The number of rotatable bonds is 0. The Morgan fingerprint density at radius 2 is 0.688 bits per heavy atom. The molecule has 0 unspecified atom stereocenters. The Labute approximate surface area is 283 Å². The molecule has 0 radical (unpaired) electrons. The summed E-state index contributed by atoms with van der Waals surface area (Å²) in [4.78, 5) is 11.3. The fourth-order valence-corrected chi connectivity index (χ4v) is 3.46. The van der Waals surface area contributed by atoms with Crippen LogP contribution < -0.4 is 0 Å². The van der Waals surface area contributed by atoms with Gasteiger partial charge in [-0.2, -0.15) is 40.2 Å². The largest absolute Gasteiger partial charge is 0.319 e. The molecule has 0 atom stereocenters. The Morgan fingerprint density at radius 3 is 0.771 bits per heavy atom. The van der Waals surface area contributed by atoms with Gasteiger partial charge in [0.1, 0.15) is 34.9 Å². The van der Waals surface area contributed by atoms with Gasteiger partial charge in [0.2, 0.25) is 0 Å². The second-order valence-electron chi connectivity index (χ2n) is 11.1. The molecule has 0 fully saturated rings. The molecule has 0 aliphatic rings. The van der Waals surface area contributed by atoms with Crippen LogP contribution in [0.2, 0.25) is 0 Å². The number of nitrogens with zero attached hydrogens (tertiary/aromatic N) is 18. The van der Waals surface area contributed by atoms with E-state index in [0.717, 1.165) is 69.1 Å². The van der Waals surface area contributed by atoms with Crippen LogP contribution in [0.15, 0.2) is 0 Å². The lowest BCUT2D eigenvalue weighted by Crippen LogP contribution is -1.92. The van der Waals surface area contributed by atoms with Crippen LogP contribution in [0, 0.1) is 83.1 Å². The first-order valence-electron chi connectivity index (χ1n) is 15.3. The summed E-state index contributed by atoms with van der Waals surface area (Å²) in [6, 6.07) is 0. The smallest absolute Gasteiger partial charge is 0.147 e. The molecule has 0 bridgehead atoms.